The standard InChI is InChI=1S/C22H25N3O7/c1-29-19-4-3-15(11-20(19)30-2)22(26)24-7-5-23(6-8-24)12-16-9-18(25(27)28)10-17-13-31-14-32-21(16)17/h3-4,9-11H,5-8,12-14H2,1-2H3. The Hall–Kier alpha value is -3.37. The number of methoxy groups -OCH3 is 2. The van der Waals surface area contributed by atoms with E-state index in [2.05, 4.69) is 4.90 Å². The zero-order valence-corrected chi connectivity index (χ0v) is 18.0. The number of piperazine rings is 1. The van der Waals surface area contributed by atoms with Gasteiger partial charge in [0.2, 0.25) is 0 Å². The van der Waals surface area contributed by atoms with Crippen molar-refractivity contribution in [1.82, 2.24) is 9.80 Å². The fraction of sp³-hybridized carbons (Fsp3) is 0.409. The molecule has 0 aliphatic carbocycles. The first-order chi connectivity index (χ1) is 15.5. The van der Waals surface area contributed by atoms with Gasteiger partial charge < -0.3 is 23.8 Å². The van der Waals surface area contributed by atoms with Gasteiger partial charge in [0.15, 0.2) is 18.3 Å². The predicted octanol–water partition coefficient (Wildman–Crippen LogP) is 2.44. The van der Waals surface area contributed by atoms with Crippen molar-refractivity contribution in [2.24, 2.45) is 0 Å². The van der Waals surface area contributed by atoms with Crippen molar-refractivity contribution in [1.29, 1.82) is 0 Å². The Morgan fingerprint density at radius 2 is 1.84 bits per heavy atom. The van der Waals surface area contributed by atoms with Crippen molar-refractivity contribution < 1.29 is 28.7 Å². The van der Waals surface area contributed by atoms with E-state index in [4.69, 9.17) is 18.9 Å². The average molecular weight is 443 g/mol. The maximum Gasteiger partial charge on any atom is 0.270 e. The van der Waals surface area contributed by atoms with E-state index in [-0.39, 0.29) is 25.0 Å². The molecule has 2 aliphatic rings. The molecule has 0 radical (unpaired) electrons. The number of nitro groups is 1. The van der Waals surface area contributed by atoms with Crippen molar-refractivity contribution >= 4 is 11.6 Å². The Labute approximate surface area is 185 Å². The molecule has 4 rings (SSSR count). The number of amides is 1. The van der Waals surface area contributed by atoms with Gasteiger partial charge in [-0.2, -0.15) is 0 Å². The third kappa shape index (κ3) is 4.46. The quantitative estimate of drug-likeness (QED) is 0.495. The molecule has 2 heterocycles. The number of hydrogen-bond donors (Lipinski definition) is 0. The first kappa shape index (κ1) is 21.8. The molecular weight excluding hydrogens is 418 g/mol. The van der Waals surface area contributed by atoms with E-state index in [1.165, 1.54) is 13.2 Å². The van der Waals surface area contributed by atoms with Gasteiger partial charge in [0, 0.05) is 61.5 Å². The summed E-state index contributed by atoms with van der Waals surface area (Å²) in [6.45, 7) is 3.31. The number of ether oxygens (including phenoxy) is 4. The molecule has 170 valence electrons. The van der Waals surface area contributed by atoms with E-state index < -0.39 is 4.92 Å². The number of nitrogens with zero attached hydrogens (tertiary/aromatic N) is 3. The first-order valence-electron chi connectivity index (χ1n) is 10.2. The van der Waals surface area contributed by atoms with Crippen LogP contribution >= 0.6 is 0 Å². The Morgan fingerprint density at radius 1 is 1.09 bits per heavy atom. The molecule has 32 heavy (non-hydrogen) atoms. The Balaban J connectivity index is 1.43. The van der Waals surface area contributed by atoms with Crippen molar-refractivity contribution in [2.75, 3.05) is 47.2 Å². The van der Waals surface area contributed by atoms with Crippen molar-refractivity contribution in [3.63, 3.8) is 0 Å². The molecule has 10 nitrogen and oxygen atoms in total. The minimum absolute atomic E-state index is 0.0233. The lowest BCUT2D eigenvalue weighted by molar-refractivity contribution is -0.385. The van der Waals surface area contributed by atoms with Crippen LogP contribution in [0, 0.1) is 10.1 Å². The minimum atomic E-state index is -0.405. The second-order valence-electron chi connectivity index (χ2n) is 7.60. The van der Waals surface area contributed by atoms with Crippen LogP contribution in [0.25, 0.3) is 0 Å². The van der Waals surface area contributed by atoms with Crippen LogP contribution in [-0.2, 0) is 17.9 Å². The van der Waals surface area contributed by atoms with E-state index in [0.29, 0.717) is 61.1 Å². The van der Waals surface area contributed by atoms with Crippen LogP contribution in [0.3, 0.4) is 0 Å². The zero-order valence-electron chi connectivity index (χ0n) is 18.0. The van der Waals surface area contributed by atoms with E-state index in [0.717, 1.165) is 5.56 Å². The van der Waals surface area contributed by atoms with Crippen LogP contribution < -0.4 is 14.2 Å². The lowest BCUT2D eigenvalue weighted by Crippen LogP contribution is -2.48. The summed E-state index contributed by atoms with van der Waals surface area (Å²) in [5.41, 5.74) is 2.01. The number of hydrogen-bond acceptors (Lipinski definition) is 8. The molecule has 10 heteroatoms. The number of benzene rings is 2. The maximum atomic E-state index is 12.9. The van der Waals surface area contributed by atoms with Crippen LogP contribution in [0.2, 0.25) is 0 Å². The molecule has 0 aromatic heterocycles. The predicted molar refractivity (Wildman–Crippen MR) is 114 cm³/mol. The lowest BCUT2D eigenvalue weighted by atomic mass is 10.1. The summed E-state index contributed by atoms with van der Waals surface area (Å²) < 4.78 is 21.4. The van der Waals surface area contributed by atoms with Crippen LogP contribution in [0.1, 0.15) is 21.5 Å². The van der Waals surface area contributed by atoms with E-state index in [1.54, 1.807) is 36.3 Å². The van der Waals surface area contributed by atoms with Gasteiger partial charge in [0.1, 0.15) is 5.75 Å². The van der Waals surface area contributed by atoms with Crippen molar-refractivity contribution in [2.45, 2.75) is 13.2 Å². The molecule has 0 saturated carbocycles. The van der Waals surface area contributed by atoms with Crippen LogP contribution in [0.4, 0.5) is 5.69 Å². The number of carbonyl (C=O) groups excluding carboxylic acids is 1. The highest BCUT2D eigenvalue weighted by Gasteiger charge is 2.26. The van der Waals surface area contributed by atoms with E-state index in [1.807, 2.05) is 0 Å². The fourth-order valence-electron chi connectivity index (χ4n) is 4.01. The molecule has 1 fully saturated rings. The molecular formula is C22H25N3O7. The molecule has 2 aromatic rings. The van der Waals surface area contributed by atoms with E-state index in [9.17, 15) is 14.9 Å². The number of nitro benzene ring substituents is 1. The van der Waals surface area contributed by atoms with Crippen molar-refractivity contribution in [3.05, 3.63) is 57.1 Å². The molecule has 2 aliphatic heterocycles. The third-order valence-corrected chi connectivity index (χ3v) is 5.67. The summed E-state index contributed by atoms with van der Waals surface area (Å²) >= 11 is 0. The first-order valence-corrected chi connectivity index (χ1v) is 10.2. The molecule has 0 bridgehead atoms. The monoisotopic (exact) mass is 443 g/mol. The summed E-state index contributed by atoms with van der Waals surface area (Å²) in [6.07, 6.45) is 0. The van der Waals surface area contributed by atoms with Gasteiger partial charge >= 0.3 is 0 Å². The van der Waals surface area contributed by atoms with E-state index >= 15 is 0 Å². The normalized spacial score (nSPS) is 16.1. The highest BCUT2D eigenvalue weighted by Crippen LogP contribution is 2.34. The summed E-state index contributed by atoms with van der Waals surface area (Å²) in [5.74, 6) is 1.67. The van der Waals surface area contributed by atoms with Gasteiger partial charge in [-0.05, 0) is 18.2 Å². The Morgan fingerprint density at radius 3 is 2.53 bits per heavy atom. The molecule has 2 aromatic carbocycles. The summed E-state index contributed by atoms with van der Waals surface area (Å²) in [4.78, 5) is 27.8. The van der Waals surface area contributed by atoms with Gasteiger partial charge in [-0.15, -0.1) is 0 Å². The topological polar surface area (TPSA) is 104 Å². The second kappa shape index (κ2) is 9.41. The molecule has 0 atom stereocenters. The molecule has 0 spiro atoms. The lowest BCUT2D eigenvalue weighted by Gasteiger charge is -2.35. The smallest absolute Gasteiger partial charge is 0.270 e. The maximum absolute atomic E-state index is 12.9. The molecule has 0 N–H and O–H groups in total. The molecule has 1 amide bonds. The molecule has 1 saturated heterocycles. The number of rotatable bonds is 6. The largest absolute Gasteiger partial charge is 0.493 e. The number of fused-ring (bicyclic) bond motifs is 1. The Kier molecular flexibility index (Phi) is 6.42. The SMILES string of the molecule is COc1ccc(C(=O)N2CCN(Cc3cc([N+](=O)[O-])cc4c3OCOC4)CC2)cc1OC. The zero-order chi connectivity index (χ0) is 22.7. The molecule has 0 unspecified atom stereocenters. The summed E-state index contributed by atoms with van der Waals surface area (Å²) in [6, 6.07) is 8.19. The van der Waals surface area contributed by atoms with Crippen LogP contribution in [-0.4, -0.2) is 67.8 Å². The van der Waals surface area contributed by atoms with Crippen LogP contribution in [0.5, 0.6) is 17.2 Å². The summed E-state index contributed by atoms with van der Waals surface area (Å²) in [5, 5.41) is 11.3. The summed E-state index contributed by atoms with van der Waals surface area (Å²) in [7, 11) is 3.09. The highest BCUT2D eigenvalue weighted by atomic mass is 16.7. The Bertz CT molecular complexity index is 1020. The minimum Gasteiger partial charge on any atom is -0.493 e. The third-order valence-electron chi connectivity index (χ3n) is 5.67. The van der Waals surface area contributed by atoms with Gasteiger partial charge in [0.05, 0.1) is 25.7 Å². The van der Waals surface area contributed by atoms with Crippen molar-refractivity contribution in [3.8, 4) is 17.2 Å². The number of carbonyl (C=O) groups is 1. The van der Waals surface area contributed by atoms with Gasteiger partial charge in [-0.25, -0.2) is 0 Å². The van der Waals surface area contributed by atoms with Gasteiger partial charge in [-0.1, -0.05) is 0 Å². The van der Waals surface area contributed by atoms with Gasteiger partial charge in [-0.3, -0.25) is 19.8 Å². The average Bonchev–Trinajstić information content (AvgIpc) is 2.83. The highest BCUT2D eigenvalue weighted by molar-refractivity contribution is 5.95. The fourth-order valence-corrected chi connectivity index (χ4v) is 4.01. The number of non-ortho nitro benzene ring substituents is 1. The van der Waals surface area contributed by atoms with Gasteiger partial charge in [0.25, 0.3) is 11.6 Å². The van der Waals surface area contributed by atoms with Crippen LogP contribution in [0.15, 0.2) is 30.3 Å². The second-order valence-corrected chi connectivity index (χ2v) is 7.60.